The fourth-order valence-electron chi connectivity index (χ4n) is 5.01. The average Bonchev–Trinajstić information content (AvgIpc) is 2.37. The van der Waals surface area contributed by atoms with Crippen molar-refractivity contribution in [3.8, 4) is 0 Å². The summed E-state index contributed by atoms with van der Waals surface area (Å²) < 4.78 is 0. The Bertz CT molecular complexity index is 362. The third-order valence-electron chi connectivity index (χ3n) is 6.20. The van der Waals surface area contributed by atoms with E-state index in [1.807, 2.05) is 0 Å². The molecular weight excluding hydrogens is 212 g/mol. The SMILES string of the molecule is CC1=C[C@@H]2[C@H]3C[C@@H]1[C@@]3(CO)CCC[C@]2(C)CO. The normalized spacial score (nSPS) is 52.5. The standard InChI is InChI=1S/C15H24O2/c1-10-6-12-13-7-11(10)15(13,9-17)5-3-4-14(12,2)8-16/h6,11-13,16-17H,3-5,7-9H2,1-2H3/t11-,12+,13+,14+,15-/m0/s1. The zero-order valence-corrected chi connectivity index (χ0v) is 10.9. The van der Waals surface area contributed by atoms with Crippen LogP contribution in [0.15, 0.2) is 11.6 Å². The highest BCUT2D eigenvalue weighted by Crippen LogP contribution is 2.68. The van der Waals surface area contributed by atoms with Crippen molar-refractivity contribution >= 4 is 0 Å². The lowest BCUT2D eigenvalue weighted by Gasteiger charge is -2.62. The molecule has 0 radical (unpaired) electrons. The Morgan fingerprint density at radius 3 is 2.65 bits per heavy atom. The van der Waals surface area contributed by atoms with Gasteiger partial charge in [-0.2, -0.15) is 0 Å². The first-order chi connectivity index (χ1) is 8.07. The molecule has 4 aliphatic carbocycles. The van der Waals surface area contributed by atoms with E-state index in [2.05, 4.69) is 19.9 Å². The van der Waals surface area contributed by atoms with Crippen molar-refractivity contribution < 1.29 is 10.2 Å². The molecule has 2 saturated carbocycles. The van der Waals surface area contributed by atoms with Gasteiger partial charge < -0.3 is 10.2 Å². The van der Waals surface area contributed by atoms with Crippen molar-refractivity contribution in [3.05, 3.63) is 11.6 Å². The van der Waals surface area contributed by atoms with Crippen LogP contribution in [0.1, 0.15) is 39.5 Å². The molecule has 0 heterocycles. The molecule has 4 aliphatic rings. The monoisotopic (exact) mass is 236 g/mol. The topological polar surface area (TPSA) is 40.5 Å². The maximum atomic E-state index is 9.89. The number of allylic oxidation sites excluding steroid dienone is 2. The predicted octanol–water partition coefficient (Wildman–Crippen LogP) is 2.36. The number of rotatable bonds is 2. The van der Waals surface area contributed by atoms with E-state index in [0.717, 1.165) is 19.3 Å². The molecule has 0 unspecified atom stereocenters. The van der Waals surface area contributed by atoms with Gasteiger partial charge in [-0.3, -0.25) is 0 Å². The van der Waals surface area contributed by atoms with Gasteiger partial charge in [-0.1, -0.05) is 25.0 Å². The summed E-state index contributed by atoms with van der Waals surface area (Å²) in [6.07, 6.45) is 7.05. The van der Waals surface area contributed by atoms with E-state index in [4.69, 9.17) is 0 Å². The molecule has 2 heteroatoms. The summed E-state index contributed by atoms with van der Waals surface area (Å²) in [5.41, 5.74) is 1.66. The van der Waals surface area contributed by atoms with Crippen LogP contribution < -0.4 is 0 Å². The molecule has 0 spiro atoms. The zero-order valence-electron chi connectivity index (χ0n) is 10.9. The van der Waals surface area contributed by atoms with Crippen molar-refractivity contribution in [2.24, 2.45) is 28.6 Å². The Morgan fingerprint density at radius 2 is 2.06 bits per heavy atom. The molecule has 4 bridgehead atoms. The zero-order chi connectivity index (χ0) is 12.3. The minimum atomic E-state index is 0.0359. The van der Waals surface area contributed by atoms with Crippen LogP contribution in [0.3, 0.4) is 0 Å². The Morgan fingerprint density at radius 1 is 1.29 bits per heavy atom. The highest BCUT2D eigenvalue weighted by atomic mass is 16.3. The van der Waals surface area contributed by atoms with E-state index in [-0.39, 0.29) is 17.4 Å². The molecule has 17 heavy (non-hydrogen) atoms. The van der Waals surface area contributed by atoms with Crippen LogP contribution in [-0.2, 0) is 0 Å². The second-order valence-corrected chi connectivity index (χ2v) is 6.89. The number of aliphatic hydroxyl groups excluding tert-OH is 2. The van der Waals surface area contributed by atoms with Gasteiger partial charge in [0.25, 0.3) is 0 Å². The summed E-state index contributed by atoms with van der Waals surface area (Å²) in [6.45, 7) is 5.07. The Hall–Kier alpha value is -0.340. The molecule has 0 aliphatic heterocycles. The maximum absolute atomic E-state index is 9.89. The molecule has 4 rings (SSSR count). The minimum absolute atomic E-state index is 0.0359. The molecule has 5 atom stereocenters. The van der Waals surface area contributed by atoms with Crippen LogP contribution >= 0.6 is 0 Å². The first kappa shape index (κ1) is 11.7. The molecule has 2 N–H and O–H groups in total. The predicted molar refractivity (Wildman–Crippen MR) is 67.4 cm³/mol. The van der Waals surface area contributed by atoms with Crippen molar-refractivity contribution in [2.45, 2.75) is 39.5 Å². The smallest absolute Gasteiger partial charge is 0.0496 e. The minimum Gasteiger partial charge on any atom is -0.396 e. The van der Waals surface area contributed by atoms with E-state index < -0.39 is 0 Å². The van der Waals surface area contributed by atoms with Crippen LogP contribution in [0.2, 0.25) is 0 Å². The maximum Gasteiger partial charge on any atom is 0.0496 e. The number of hydrogen-bond acceptors (Lipinski definition) is 2. The Labute approximate surface area is 104 Å². The lowest BCUT2D eigenvalue weighted by atomic mass is 9.42. The van der Waals surface area contributed by atoms with E-state index in [9.17, 15) is 10.2 Å². The lowest BCUT2D eigenvalue weighted by Crippen LogP contribution is -2.58. The second-order valence-electron chi connectivity index (χ2n) is 6.89. The van der Waals surface area contributed by atoms with E-state index >= 15 is 0 Å². The van der Waals surface area contributed by atoms with E-state index in [1.165, 1.54) is 12.0 Å². The van der Waals surface area contributed by atoms with Crippen molar-refractivity contribution in [3.63, 3.8) is 0 Å². The van der Waals surface area contributed by atoms with Gasteiger partial charge in [0, 0.05) is 18.6 Å². The molecule has 2 nitrogen and oxygen atoms in total. The highest BCUT2D eigenvalue weighted by Gasteiger charge is 2.63. The molecular formula is C15H24O2. The van der Waals surface area contributed by atoms with Gasteiger partial charge in [0.05, 0.1) is 0 Å². The van der Waals surface area contributed by atoms with Gasteiger partial charge in [0.2, 0.25) is 0 Å². The van der Waals surface area contributed by atoms with E-state index in [1.54, 1.807) is 0 Å². The molecule has 0 aromatic heterocycles. The molecule has 0 aromatic carbocycles. The summed E-state index contributed by atoms with van der Waals surface area (Å²) >= 11 is 0. The molecule has 0 amide bonds. The molecule has 2 fully saturated rings. The summed E-state index contributed by atoms with van der Waals surface area (Å²) in [4.78, 5) is 0. The van der Waals surface area contributed by atoms with Gasteiger partial charge in [0.15, 0.2) is 0 Å². The largest absolute Gasteiger partial charge is 0.396 e. The Balaban J connectivity index is 2.06. The van der Waals surface area contributed by atoms with Crippen molar-refractivity contribution in [1.82, 2.24) is 0 Å². The average molecular weight is 236 g/mol. The third-order valence-corrected chi connectivity index (χ3v) is 6.20. The summed E-state index contributed by atoms with van der Waals surface area (Å²) in [5.74, 6) is 1.71. The molecule has 0 saturated heterocycles. The fourth-order valence-corrected chi connectivity index (χ4v) is 5.01. The second kappa shape index (κ2) is 3.58. The quantitative estimate of drug-likeness (QED) is 0.723. The van der Waals surface area contributed by atoms with Gasteiger partial charge in [0.1, 0.15) is 0 Å². The summed E-state index contributed by atoms with van der Waals surface area (Å²) in [6, 6.07) is 0. The molecule has 96 valence electrons. The Kier molecular flexibility index (Phi) is 2.47. The fraction of sp³-hybridized carbons (Fsp3) is 0.867. The van der Waals surface area contributed by atoms with Crippen LogP contribution in [0.4, 0.5) is 0 Å². The van der Waals surface area contributed by atoms with Crippen molar-refractivity contribution in [1.29, 1.82) is 0 Å². The summed E-state index contributed by atoms with van der Waals surface area (Å²) in [7, 11) is 0. The van der Waals surface area contributed by atoms with Gasteiger partial charge >= 0.3 is 0 Å². The van der Waals surface area contributed by atoms with Gasteiger partial charge in [-0.25, -0.2) is 0 Å². The molecule has 0 aromatic rings. The van der Waals surface area contributed by atoms with E-state index in [0.29, 0.717) is 24.4 Å². The third kappa shape index (κ3) is 1.29. The lowest BCUT2D eigenvalue weighted by molar-refractivity contribution is -0.125. The first-order valence-corrected chi connectivity index (χ1v) is 6.97. The first-order valence-electron chi connectivity index (χ1n) is 6.97. The number of aliphatic hydroxyl groups is 2. The van der Waals surface area contributed by atoms with Gasteiger partial charge in [-0.15, -0.1) is 0 Å². The van der Waals surface area contributed by atoms with Crippen LogP contribution in [0, 0.1) is 28.6 Å². The van der Waals surface area contributed by atoms with Crippen molar-refractivity contribution in [2.75, 3.05) is 13.2 Å². The summed E-state index contributed by atoms with van der Waals surface area (Å²) in [5, 5.41) is 19.7. The van der Waals surface area contributed by atoms with Crippen LogP contribution in [-0.4, -0.2) is 23.4 Å². The van der Waals surface area contributed by atoms with Crippen LogP contribution in [0.5, 0.6) is 0 Å². The van der Waals surface area contributed by atoms with Gasteiger partial charge in [-0.05, 0) is 49.4 Å². The number of hydrogen-bond donors (Lipinski definition) is 2. The van der Waals surface area contributed by atoms with Crippen LogP contribution in [0.25, 0.3) is 0 Å². The highest BCUT2D eigenvalue weighted by molar-refractivity contribution is 5.28.